The maximum Gasteiger partial charge on any atom is 0.0465 e. The molecule has 3 aromatic rings. The largest absolute Gasteiger partial charge is 0.382 e. The molecule has 1 aromatic heterocycles. The number of benzene rings is 2. The molecule has 1 saturated heterocycles. The average molecular weight is 386 g/mol. The molecule has 0 saturated carbocycles. The maximum atomic E-state index is 6.30. The second-order valence-electron chi connectivity index (χ2n) is 6.87. The molecule has 1 N–H and O–H groups in total. The Labute approximate surface area is 163 Å². The molecule has 1 aliphatic heterocycles. The Morgan fingerprint density at radius 2 is 1.85 bits per heavy atom. The Kier molecular flexibility index (Phi) is 5.30. The summed E-state index contributed by atoms with van der Waals surface area (Å²) in [7, 11) is 0. The van der Waals surface area contributed by atoms with Crippen LogP contribution in [-0.4, -0.2) is 29.0 Å². The van der Waals surface area contributed by atoms with E-state index in [4.69, 9.17) is 23.2 Å². The van der Waals surface area contributed by atoms with Gasteiger partial charge >= 0.3 is 0 Å². The number of halogens is 2. The van der Waals surface area contributed by atoms with Gasteiger partial charge in [-0.15, -0.1) is 0 Å². The number of nitrogens with zero attached hydrogens (tertiary/aromatic N) is 2. The Morgan fingerprint density at radius 3 is 2.65 bits per heavy atom. The van der Waals surface area contributed by atoms with Crippen LogP contribution in [0.5, 0.6) is 0 Å². The van der Waals surface area contributed by atoms with Gasteiger partial charge < -0.3 is 5.32 Å². The van der Waals surface area contributed by atoms with Crippen molar-refractivity contribution in [3.05, 3.63) is 70.5 Å². The lowest BCUT2D eigenvalue weighted by Crippen LogP contribution is -2.38. The third-order valence-corrected chi connectivity index (χ3v) is 5.59. The number of rotatable bonds is 4. The summed E-state index contributed by atoms with van der Waals surface area (Å²) in [6.07, 6.45) is 5.99. The summed E-state index contributed by atoms with van der Waals surface area (Å²) < 4.78 is 0. The van der Waals surface area contributed by atoms with Crippen LogP contribution in [0.25, 0.3) is 10.8 Å². The van der Waals surface area contributed by atoms with E-state index in [1.807, 2.05) is 30.6 Å². The smallest absolute Gasteiger partial charge is 0.0465 e. The molecule has 0 amide bonds. The highest BCUT2D eigenvalue weighted by Crippen LogP contribution is 2.25. The van der Waals surface area contributed by atoms with E-state index in [0.717, 1.165) is 43.1 Å². The number of pyridine rings is 1. The number of piperidine rings is 1. The molecule has 0 bridgehead atoms. The van der Waals surface area contributed by atoms with Crippen molar-refractivity contribution in [3.63, 3.8) is 0 Å². The van der Waals surface area contributed by atoms with E-state index in [9.17, 15) is 0 Å². The van der Waals surface area contributed by atoms with E-state index in [1.54, 1.807) is 0 Å². The molecule has 1 aliphatic rings. The highest BCUT2D eigenvalue weighted by molar-refractivity contribution is 6.35. The van der Waals surface area contributed by atoms with Crippen molar-refractivity contribution in [2.45, 2.75) is 25.4 Å². The molecule has 0 aliphatic carbocycles. The first-order valence-electron chi connectivity index (χ1n) is 8.94. The van der Waals surface area contributed by atoms with Crippen LogP contribution in [0.1, 0.15) is 18.4 Å². The summed E-state index contributed by atoms with van der Waals surface area (Å²) in [6, 6.07) is 14.8. The van der Waals surface area contributed by atoms with Crippen LogP contribution in [-0.2, 0) is 6.54 Å². The minimum Gasteiger partial charge on any atom is -0.382 e. The Bertz CT molecular complexity index is 905. The molecule has 2 heterocycles. The lowest BCUT2D eigenvalue weighted by Gasteiger charge is -2.33. The van der Waals surface area contributed by atoms with E-state index < -0.39 is 0 Å². The van der Waals surface area contributed by atoms with E-state index >= 15 is 0 Å². The Balaban J connectivity index is 1.34. The molecular formula is C21H21Cl2N3. The molecule has 3 nitrogen and oxygen atoms in total. The summed E-state index contributed by atoms with van der Waals surface area (Å²) in [6.45, 7) is 3.01. The normalized spacial score (nSPS) is 16.1. The number of anilines is 1. The number of hydrogen-bond donors (Lipinski definition) is 1. The first-order valence-corrected chi connectivity index (χ1v) is 9.69. The van der Waals surface area contributed by atoms with Crippen molar-refractivity contribution in [2.75, 3.05) is 18.4 Å². The zero-order chi connectivity index (χ0) is 17.9. The van der Waals surface area contributed by atoms with Gasteiger partial charge in [0.25, 0.3) is 0 Å². The highest BCUT2D eigenvalue weighted by atomic mass is 35.5. The van der Waals surface area contributed by atoms with Gasteiger partial charge in [-0.3, -0.25) is 9.88 Å². The maximum absolute atomic E-state index is 6.30. The lowest BCUT2D eigenvalue weighted by molar-refractivity contribution is 0.211. The number of aromatic nitrogens is 1. The fourth-order valence-electron chi connectivity index (χ4n) is 3.54. The fraction of sp³-hybridized carbons (Fsp3) is 0.286. The molecule has 134 valence electrons. The average Bonchev–Trinajstić information content (AvgIpc) is 2.65. The van der Waals surface area contributed by atoms with Crippen molar-refractivity contribution in [1.82, 2.24) is 9.88 Å². The SMILES string of the molecule is Clc1ccc(CN2CCC(Nc3ccc4cnccc4c3)CC2)c(Cl)c1. The second kappa shape index (κ2) is 7.83. The summed E-state index contributed by atoms with van der Waals surface area (Å²) in [5, 5.41) is 7.52. The van der Waals surface area contributed by atoms with Crippen molar-refractivity contribution in [2.24, 2.45) is 0 Å². The zero-order valence-electron chi connectivity index (χ0n) is 14.5. The molecule has 2 aromatic carbocycles. The molecule has 5 heteroatoms. The molecule has 4 rings (SSSR count). The number of likely N-dealkylation sites (tertiary alicyclic amines) is 1. The predicted octanol–water partition coefficient (Wildman–Crippen LogP) is 5.62. The predicted molar refractivity (Wildman–Crippen MR) is 110 cm³/mol. The monoisotopic (exact) mass is 385 g/mol. The molecule has 0 unspecified atom stereocenters. The van der Waals surface area contributed by atoms with Gasteiger partial charge in [0.1, 0.15) is 0 Å². The molecule has 0 atom stereocenters. The molecular weight excluding hydrogens is 365 g/mol. The van der Waals surface area contributed by atoms with Crippen LogP contribution in [0.3, 0.4) is 0 Å². The molecule has 26 heavy (non-hydrogen) atoms. The molecule has 0 radical (unpaired) electrons. The second-order valence-corrected chi connectivity index (χ2v) is 7.71. The first-order chi connectivity index (χ1) is 12.7. The topological polar surface area (TPSA) is 28.2 Å². The molecule has 1 fully saturated rings. The van der Waals surface area contributed by atoms with Crippen LogP contribution < -0.4 is 5.32 Å². The zero-order valence-corrected chi connectivity index (χ0v) is 16.0. The van der Waals surface area contributed by atoms with Crippen LogP contribution in [0.15, 0.2) is 54.9 Å². The number of hydrogen-bond acceptors (Lipinski definition) is 3. The quantitative estimate of drug-likeness (QED) is 0.631. The highest BCUT2D eigenvalue weighted by Gasteiger charge is 2.19. The minimum atomic E-state index is 0.506. The van der Waals surface area contributed by atoms with Crippen molar-refractivity contribution in [3.8, 4) is 0 Å². The third kappa shape index (κ3) is 4.12. The van der Waals surface area contributed by atoms with Crippen LogP contribution in [0.4, 0.5) is 5.69 Å². The number of nitrogens with one attached hydrogen (secondary N) is 1. The van der Waals surface area contributed by atoms with E-state index in [1.165, 1.54) is 16.5 Å². The Hall–Kier alpha value is -1.81. The lowest BCUT2D eigenvalue weighted by atomic mass is 10.0. The van der Waals surface area contributed by atoms with Gasteiger partial charge in [0.05, 0.1) is 0 Å². The summed E-state index contributed by atoms with van der Waals surface area (Å²) in [4.78, 5) is 6.63. The Morgan fingerprint density at radius 1 is 1.00 bits per heavy atom. The standard InChI is InChI=1S/C21H21Cl2N3/c22-18-3-1-17(21(23)12-18)14-26-9-6-19(7-10-26)25-20-4-2-16-13-24-8-5-15(16)11-20/h1-5,8,11-13,19,25H,6-7,9-10,14H2. The van der Waals surface area contributed by atoms with Crippen molar-refractivity contribution >= 4 is 39.7 Å². The summed E-state index contributed by atoms with van der Waals surface area (Å²) in [5.74, 6) is 0. The van der Waals surface area contributed by atoms with E-state index in [0.29, 0.717) is 11.1 Å². The van der Waals surface area contributed by atoms with Gasteiger partial charge in [0, 0.05) is 59.2 Å². The van der Waals surface area contributed by atoms with Gasteiger partial charge in [0.2, 0.25) is 0 Å². The van der Waals surface area contributed by atoms with Crippen LogP contribution in [0.2, 0.25) is 10.0 Å². The molecule has 0 spiro atoms. The number of fused-ring (bicyclic) bond motifs is 1. The van der Waals surface area contributed by atoms with Crippen molar-refractivity contribution in [1.29, 1.82) is 0 Å². The third-order valence-electron chi connectivity index (χ3n) is 5.01. The summed E-state index contributed by atoms with van der Waals surface area (Å²) >= 11 is 12.3. The fourth-order valence-corrected chi connectivity index (χ4v) is 4.00. The first kappa shape index (κ1) is 17.6. The summed E-state index contributed by atoms with van der Waals surface area (Å²) in [5.41, 5.74) is 2.33. The van der Waals surface area contributed by atoms with Gasteiger partial charge in [-0.25, -0.2) is 0 Å². The van der Waals surface area contributed by atoms with Gasteiger partial charge in [-0.2, -0.15) is 0 Å². The van der Waals surface area contributed by atoms with Gasteiger partial charge in [-0.1, -0.05) is 35.3 Å². The van der Waals surface area contributed by atoms with E-state index in [2.05, 4.69) is 39.5 Å². The van der Waals surface area contributed by atoms with Crippen molar-refractivity contribution < 1.29 is 0 Å². The van der Waals surface area contributed by atoms with Gasteiger partial charge in [-0.05, 0) is 54.1 Å². The van der Waals surface area contributed by atoms with Crippen LogP contribution in [0, 0.1) is 0 Å². The van der Waals surface area contributed by atoms with Crippen LogP contribution >= 0.6 is 23.2 Å². The van der Waals surface area contributed by atoms with Gasteiger partial charge in [0.15, 0.2) is 0 Å². The van der Waals surface area contributed by atoms with E-state index in [-0.39, 0.29) is 0 Å². The minimum absolute atomic E-state index is 0.506.